The van der Waals surface area contributed by atoms with Crippen LogP contribution >= 0.6 is 11.6 Å². The molecular formula is C8H6ClFN4. The summed E-state index contributed by atoms with van der Waals surface area (Å²) in [6.45, 7) is 0. The Labute approximate surface area is 84.1 Å². The molecule has 2 N–H and O–H groups in total. The Kier molecular flexibility index (Phi) is 2.09. The summed E-state index contributed by atoms with van der Waals surface area (Å²) in [4.78, 5) is 3.95. The first-order valence-corrected chi connectivity index (χ1v) is 4.18. The van der Waals surface area contributed by atoms with Crippen molar-refractivity contribution in [1.82, 2.24) is 14.8 Å². The molecule has 0 saturated carbocycles. The van der Waals surface area contributed by atoms with Crippen LogP contribution in [-0.4, -0.2) is 14.8 Å². The highest BCUT2D eigenvalue weighted by Gasteiger charge is 2.09. The SMILES string of the molecule is Nc1cccnc1-n1cc(Cl)c(F)n1. The Hall–Kier alpha value is -1.62. The van der Waals surface area contributed by atoms with Gasteiger partial charge >= 0.3 is 0 Å². The quantitative estimate of drug-likeness (QED) is 0.782. The van der Waals surface area contributed by atoms with Gasteiger partial charge in [0.2, 0.25) is 0 Å². The second-order valence-electron chi connectivity index (χ2n) is 2.63. The van der Waals surface area contributed by atoms with Crippen LogP contribution in [0.25, 0.3) is 5.82 Å². The zero-order valence-electron chi connectivity index (χ0n) is 6.98. The van der Waals surface area contributed by atoms with Crippen molar-refractivity contribution in [3.63, 3.8) is 0 Å². The number of hydrogen-bond acceptors (Lipinski definition) is 3. The van der Waals surface area contributed by atoms with Gasteiger partial charge in [-0.2, -0.15) is 4.39 Å². The Morgan fingerprint density at radius 2 is 2.29 bits per heavy atom. The molecule has 6 heteroatoms. The van der Waals surface area contributed by atoms with Crippen molar-refractivity contribution < 1.29 is 4.39 Å². The zero-order chi connectivity index (χ0) is 10.1. The number of nitrogens with two attached hydrogens (primary N) is 1. The van der Waals surface area contributed by atoms with Gasteiger partial charge < -0.3 is 5.73 Å². The molecular weight excluding hydrogens is 207 g/mol. The lowest BCUT2D eigenvalue weighted by atomic mass is 10.4. The highest BCUT2D eigenvalue weighted by Crippen LogP contribution is 2.17. The summed E-state index contributed by atoms with van der Waals surface area (Å²) in [5, 5.41) is 3.46. The standard InChI is InChI=1S/C8H6ClFN4/c9-5-4-14(13-7(5)10)8-6(11)2-1-3-12-8/h1-4H,11H2. The molecule has 72 valence electrons. The molecule has 0 aromatic carbocycles. The molecule has 0 spiro atoms. The van der Waals surface area contributed by atoms with Gasteiger partial charge in [0, 0.05) is 6.20 Å². The first-order valence-electron chi connectivity index (χ1n) is 3.80. The molecule has 0 unspecified atom stereocenters. The third kappa shape index (κ3) is 1.42. The zero-order valence-corrected chi connectivity index (χ0v) is 7.74. The van der Waals surface area contributed by atoms with Gasteiger partial charge in [-0.15, -0.1) is 5.10 Å². The highest BCUT2D eigenvalue weighted by atomic mass is 35.5. The van der Waals surface area contributed by atoms with Gasteiger partial charge in [-0.25, -0.2) is 9.67 Å². The van der Waals surface area contributed by atoms with Gasteiger partial charge in [0.15, 0.2) is 5.82 Å². The molecule has 14 heavy (non-hydrogen) atoms. The number of nitrogens with zero attached hydrogens (tertiary/aromatic N) is 3. The average Bonchev–Trinajstić information content (AvgIpc) is 2.48. The smallest absolute Gasteiger partial charge is 0.251 e. The van der Waals surface area contributed by atoms with Crippen molar-refractivity contribution in [3.05, 3.63) is 35.5 Å². The summed E-state index contributed by atoms with van der Waals surface area (Å²) in [5.41, 5.74) is 6.03. The van der Waals surface area contributed by atoms with Crippen LogP contribution in [0.5, 0.6) is 0 Å². The molecule has 0 aliphatic rings. The third-order valence-corrected chi connectivity index (χ3v) is 1.92. The molecule has 0 aliphatic heterocycles. The van der Waals surface area contributed by atoms with E-state index in [1.165, 1.54) is 10.9 Å². The Balaban J connectivity index is 2.55. The summed E-state index contributed by atoms with van der Waals surface area (Å²) >= 11 is 5.50. The van der Waals surface area contributed by atoms with Gasteiger partial charge in [0.05, 0.1) is 11.9 Å². The van der Waals surface area contributed by atoms with Crippen LogP contribution < -0.4 is 5.73 Å². The molecule has 0 radical (unpaired) electrons. The number of hydrogen-bond donors (Lipinski definition) is 1. The maximum absolute atomic E-state index is 12.8. The minimum Gasteiger partial charge on any atom is -0.396 e. The molecule has 0 atom stereocenters. The van der Waals surface area contributed by atoms with Crippen LogP contribution in [0.1, 0.15) is 0 Å². The normalized spacial score (nSPS) is 10.4. The number of aromatic nitrogens is 3. The molecule has 2 aromatic heterocycles. The van der Waals surface area contributed by atoms with E-state index in [2.05, 4.69) is 10.1 Å². The van der Waals surface area contributed by atoms with E-state index in [4.69, 9.17) is 17.3 Å². The first kappa shape index (κ1) is 8.96. The highest BCUT2D eigenvalue weighted by molar-refractivity contribution is 6.30. The van der Waals surface area contributed by atoms with E-state index in [-0.39, 0.29) is 5.02 Å². The van der Waals surface area contributed by atoms with Crippen molar-refractivity contribution >= 4 is 17.3 Å². The van der Waals surface area contributed by atoms with Crippen molar-refractivity contribution in [1.29, 1.82) is 0 Å². The van der Waals surface area contributed by atoms with E-state index < -0.39 is 5.95 Å². The van der Waals surface area contributed by atoms with E-state index in [9.17, 15) is 4.39 Å². The average molecular weight is 213 g/mol. The van der Waals surface area contributed by atoms with Crippen LogP contribution in [-0.2, 0) is 0 Å². The minimum atomic E-state index is -0.739. The van der Waals surface area contributed by atoms with Crippen LogP contribution in [0.15, 0.2) is 24.5 Å². The van der Waals surface area contributed by atoms with Crippen molar-refractivity contribution in [2.24, 2.45) is 0 Å². The maximum Gasteiger partial charge on any atom is 0.251 e. The number of halogens is 2. The summed E-state index contributed by atoms with van der Waals surface area (Å²) in [6, 6.07) is 3.33. The fraction of sp³-hybridized carbons (Fsp3) is 0. The number of nitrogen functional groups attached to an aromatic ring is 1. The van der Waals surface area contributed by atoms with E-state index in [0.29, 0.717) is 11.5 Å². The van der Waals surface area contributed by atoms with Gasteiger partial charge in [0.1, 0.15) is 5.02 Å². The Bertz CT molecular complexity index is 449. The number of anilines is 1. The van der Waals surface area contributed by atoms with Crippen LogP contribution in [0.4, 0.5) is 10.1 Å². The third-order valence-electron chi connectivity index (χ3n) is 1.66. The number of rotatable bonds is 1. The summed E-state index contributed by atoms with van der Waals surface area (Å²) in [7, 11) is 0. The van der Waals surface area contributed by atoms with Crippen molar-refractivity contribution in [3.8, 4) is 5.82 Å². The molecule has 4 nitrogen and oxygen atoms in total. The molecule has 0 amide bonds. The number of pyridine rings is 1. The predicted octanol–water partition coefficient (Wildman–Crippen LogP) is 1.64. The molecule has 0 bridgehead atoms. The van der Waals surface area contributed by atoms with Gasteiger partial charge in [-0.1, -0.05) is 11.6 Å². The Morgan fingerprint density at radius 3 is 2.86 bits per heavy atom. The van der Waals surface area contributed by atoms with Crippen LogP contribution in [0.2, 0.25) is 5.02 Å². The van der Waals surface area contributed by atoms with Gasteiger partial charge in [-0.3, -0.25) is 0 Å². The van der Waals surface area contributed by atoms with Crippen molar-refractivity contribution in [2.75, 3.05) is 5.73 Å². The second kappa shape index (κ2) is 3.26. The second-order valence-corrected chi connectivity index (χ2v) is 3.04. The minimum absolute atomic E-state index is 0.0601. The maximum atomic E-state index is 12.8. The molecule has 0 fully saturated rings. The van der Waals surface area contributed by atoms with E-state index in [0.717, 1.165) is 0 Å². The van der Waals surface area contributed by atoms with E-state index in [1.807, 2.05) is 0 Å². The molecule has 0 saturated heterocycles. The van der Waals surface area contributed by atoms with Gasteiger partial charge in [0.25, 0.3) is 5.95 Å². The fourth-order valence-corrected chi connectivity index (χ4v) is 1.17. The van der Waals surface area contributed by atoms with E-state index >= 15 is 0 Å². The molecule has 2 aromatic rings. The van der Waals surface area contributed by atoms with Crippen LogP contribution in [0.3, 0.4) is 0 Å². The fourth-order valence-electron chi connectivity index (χ4n) is 1.04. The topological polar surface area (TPSA) is 56.7 Å². The lowest BCUT2D eigenvalue weighted by Gasteiger charge is -2.01. The van der Waals surface area contributed by atoms with Gasteiger partial charge in [-0.05, 0) is 12.1 Å². The summed E-state index contributed by atoms with van der Waals surface area (Å²) in [6.07, 6.45) is 2.86. The largest absolute Gasteiger partial charge is 0.396 e. The lowest BCUT2D eigenvalue weighted by molar-refractivity contribution is 0.565. The van der Waals surface area contributed by atoms with Crippen LogP contribution in [0, 0.1) is 5.95 Å². The predicted molar refractivity (Wildman–Crippen MR) is 50.7 cm³/mol. The van der Waals surface area contributed by atoms with E-state index in [1.54, 1.807) is 18.3 Å². The first-order chi connectivity index (χ1) is 6.68. The summed E-state index contributed by atoms with van der Waals surface area (Å²) in [5.74, 6) is -0.380. The molecule has 2 heterocycles. The molecule has 2 rings (SSSR count). The molecule has 0 aliphatic carbocycles. The Morgan fingerprint density at radius 1 is 1.50 bits per heavy atom. The monoisotopic (exact) mass is 212 g/mol. The lowest BCUT2D eigenvalue weighted by Crippen LogP contribution is -2.02. The van der Waals surface area contributed by atoms with Crippen molar-refractivity contribution in [2.45, 2.75) is 0 Å². The summed E-state index contributed by atoms with van der Waals surface area (Å²) < 4.78 is 14.0.